The molecule has 114 valence electrons. The molecule has 1 rings (SSSR count). The van der Waals surface area contributed by atoms with Crippen molar-refractivity contribution in [2.24, 2.45) is 5.41 Å². The van der Waals surface area contributed by atoms with Crippen molar-refractivity contribution in [2.45, 2.75) is 32.5 Å². The summed E-state index contributed by atoms with van der Waals surface area (Å²) in [6, 6.07) is -0.995. The Hall–Kier alpha value is -1.80. The predicted octanol–water partition coefficient (Wildman–Crippen LogP) is 0.377. The minimum absolute atomic E-state index is 0.311. The molecule has 1 heterocycles. The number of carboxylic acids is 1. The fourth-order valence-electron chi connectivity index (χ4n) is 2.17. The Labute approximate surface area is 112 Å². The average Bonchev–Trinajstić information content (AvgIpc) is 2.72. The van der Waals surface area contributed by atoms with E-state index in [1.165, 1.54) is 13.8 Å². The third-order valence-electron chi connectivity index (χ3n) is 3.32. The van der Waals surface area contributed by atoms with Crippen LogP contribution in [0.3, 0.4) is 0 Å². The molecule has 0 spiro atoms. The number of hydrogen-bond acceptors (Lipinski definition) is 3. The topological polar surface area (TPSA) is 86.7 Å². The normalized spacial score (nSPS) is 24.4. The van der Waals surface area contributed by atoms with Crippen LogP contribution >= 0.6 is 0 Å². The molecule has 0 radical (unpaired) electrons. The standard InChI is InChI=1S/C11H15F3N2O4/c1-6(15-7(2)17)8(18)16-4-3-10(5-16,9(19)20)11(12,13)14/h6H,3-5H2,1-2H3,(H,15,17)(H,19,20). The summed E-state index contributed by atoms with van der Waals surface area (Å²) in [7, 11) is 0. The van der Waals surface area contributed by atoms with E-state index in [-0.39, 0.29) is 6.54 Å². The quantitative estimate of drug-likeness (QED) is 0.788. The zero-order valence-electron chi connectivity index (χ0n) is 11.0. The first-order chi connectivity index (χ1) is 9.01. The molecule has 20 heavy (non-hydrogen) atoms. The third-order valence-corrected chi connectivity index (χ3v) is 3.32. The number of rotatable bonds is 3. The van der Waals surface area contributed by atoms with Crippen LogP contribution in [0.15, 0.2) is 0 Å². The Kier molecular flexibility index (Phi) is 4.30. The van der Waals surface area contributed by atoms with Crippen molar-refractivity contribution in [3.8, 4) is 0 Å². The number of halogens is 3. The molecule has 0 aromatic rings. The van der Waals surface area contributed by atoms with Gasteiger partial charge in [-0.25, -0.2) is 0 Å². The van der Waals surface area contributed by atoms with Crippen LogP contribution in [0.4, 0.5) is 13.2 Å². The van der Waals surface area contributed by atoms with Gasteiger partial charge in [0, 0.05) is 20.0 Å². The molecule has 0 bridgehead atoms. The lowest BCUT2D eigenvalue weighted by Crippen LogP contribution is -2.50. The zero-order chi connectivity index (χ0) is 15.7. The summed E-state index contributed by atoms with van der Waals surface area (Å²) < 4.78 is 38.8. The number of nitrogens with one attached hydrogen (secondary N) is 1. The first kappa shape index (κ1) is 16.3. The van der Waals surface area contributed by atoms with Crippen LogP contribution in [0.1, 0.15) is 20.3 Å². The average molecular weight is 296 g/mol. The highest BCUT2D eigenvalue weighted by atomic mass is 19.4. The first-order valence-electron chi connectivity index (χ1n) is 5.87. The van der Waals surface area contributed by atoms with Crippen molar-refractivity contribution in [3.05, 3.63) is 0 Å². The molecule has 2 amide bonds. The number of aliphatic carboxylic acids is 1. The van der Waals surface area contributed by atoms with E-state index in [9.17, 15) is 27.6 Å². The molecule has 0 aromatic heterocycles. The molecule has 9 heteroatoms. The maximum Gasteiger partial charge on any atom is 0.406 e. The predicted molar refractivity (Wildman–Crippen MR) is 60.6 cm³/mol. The van der Waals surface area contributed by atoms with Gasteiger partial charge in [0.25, 0.3) is 0 Å². The van der Waals surface area contributed by atoms with Crippen LogP contribution in [0.5, 0.6) is 0 Å². The van der Waals surface area contributed by atoms with Gasteiger partial charge in [0.15, 0.2) is 5.41 Å². The summed E-state index contributed by atoms with van der Waals surface area (Å²) in [5, 5.41) is 11.1. The van der Waals surface area contributed by atoms with Gasteiger partial charge in [0.1, 0.15) is 6.04 Å². The summed E-state index contributed by atoms with van der Waals surface area (Å²) >= 11 is 0. The SMILES string of the molecule is CC(=O)NC(C)C(=O)N1CCC(C(=O)O)(C(F)(F)F)C1. The van der Waals surface area contributed by atoms with E-state index in [0.717, 1.165) is 4.90 Å². The van der Waals surface area contributed by atoms with E-state index >= 15 is 0 Å². The second-order valence-corrected chi connectivity index (χ2v) is 4.82. The van der Waals surface area contributed by atoms with Crippen LogP contribution in [0, 0.1) is 5.41 Å². The monoisotopic (exact) mass is 296 g/mol. The Morgan fingerprint density at radius 2 is 1.90 bits per heavy atom. The summed E-state index contributed by atoms with van der Waals surface area (Å²) in [6.07, 6.45) is -5.63. The molecular weight excluding hydrogens is 281 g/mol. The number of carboxylic acid groups (broad SMARTS) is 1. The summed E-state index contributed by atoms with van der Waals surface area (Å²) in [4.78, 5) is 34.5. The van der Waals surface area contributed by atoms with E-state index in [4.69, 9.17) is 5.11 Å². The molecular formula is C11H15F3N2O4. The van der Waals surface area contributed by atoms with Crippen LogP contribution in [0.25, 0.3) is 0 Å². The minimum Gasteiger partial charge on any atom is -0.481 e. The van der Waals surface area contributed by atoms with Gasteiger partial charge < -0.3 is 15.3 Å². The van der Waals surface area contributed by atoms with Gasteiger partial charge in [0.2, 0.25) is 11.8 Å². The number of hydrogen-bond donors (Lipinski definition) is 2. The smallest absolute Gasteiger partial charge is 0.406 e. The highest BCUT2D eigenvalue weighted by Gasteiger charge is 2.64. The first-order valence-corrected chi connectivity index (χ1v) is 5.87. The van der Waals surface area contributed by atoms with Crippen LogP contribution in [-0.2, 0) is 14.4 Å². The number of alkyl halides is 3. The van der Waals surface area contributed by atoms with Gasteiger partial charge in [-0.2, -0.15) is 13.2 Å². The highest BCUT2D eigenvalue weighted by Crippen LogP contribution is 2.45. The Balaban J connectivity index is 2.87. The zero-order valence-corrected chi connectivity index (χ0v) is 11.0. The lowest BCUT2D eigenvalue weighted by molar-refractivity contribution is -0.227. The van der Waals surface area contributed by atoms with Crippen LogP contribution in [-0.4, -0.2) is 53.1 Å². The van der Waals surface area contributed by atoms with Crippen molar-refractivity contribution in [3.63, 3.8) is 0 Å². The number of amides is 2. The maximum absolute atomic E-state index is 12.9. The van der Waals surface area contributed by atoms with E-state index < -0.39 is 48.4 Å². The van der Waals surface area contributed by atoms with Gasteiger partial charge in [-0.15, -0.1) is 0 Å². The van der Waals surface area contributed by atoms with Gasteiger partial charge in [-0.3, -0.25) is 14.4 Å². The molecule has 1 aliphatic heterocycles. The Morgan fingerprint density at radius 1 is 1.35 bits per heavy atom. The molecule has 1 saturated heterocycles. The number of nitrogens with zero attached hydrogens (tertiary/aromatic N) is 1. The van der Waals surface area contributed by atoms with Crippen molar-refractivity contribution >= 4 is 17.8 Å². The molecule has 0 saturated carbocycles. The third kappa shape index (κ3) is 2.86. The molecule has 0 aromatic carbocycles. The van der Waals surface area contributed by atoms with Crippen molar-refractivity contribution < 1.29 is 32.7 Å². The van der Waals surface area contributed by atoms with Crippen molar-refractivity contribution in [2.75, 3.05) is 13.1 Å². The summed E-state index contributed by atoms with van der Waals surface area (Å²) in [6.45, 7) is 1.26. The van der Waals surface area contributed by atoms with Gasteiger partial charge >= 0.3 is 12.1 Å². The van der Waals surface area contributed by atoms with E-state index in [1.807, 2.05) is 0 Å². The molecule has 2 N–H and O–H groups in total. The second kappa shape index (κ2) is 5.29. The summed E-state index contributed by atoms with van der Waals surface area (Å²) in [5.41, 5.74) is -2.93. The Bertz CT molecular complexity index is 438. The van der Waals surface area contributed by atoms with Crippen molar-refractivity contribution in [1.29, 1.82) is 0 Å². The lowest BCUT2D eigenvalue weighted by atomic mass is 9.86. The van der Waals surface area contributed by atoms with Gasteiger partial charge in [-0.05, 0) is 13.3 Å². The number of likely N-dealkylation sites (tertiary alicyclic amines) is 1. The Morgan fingerprint density at radius 3 is 2.25 bits per heavy atom. The second-order valence-electron chi connectivity index (χ2n) is 4.82. The van der Waals surface area contributed by atoms with Crippen LogP contribution in [0.2, 0.25) is 0 Å². The van der Waals surface area contributed by atoms with Crippen molar-refractivity contribution in [1.82, 2.24) is 10.2 Å². The van der Waals surface area contributed by atoms with E-state index in [0.29, 0.717) is 0 Å². The van der Waals surface area contributed by atoms with Gasteiger partial charge in [0.05, 0.1) is 0 Å². The summed E-state index contributed by atoms with van der Waals surface area (Å²) in [5.74, 6) is -3.22. The molecule has 0 aliphatic carbocycles. The molecule has 6 nitrogen and oxygen atoms in total. The number of carbonyl (C=O) groups is 3. The molecule has 2 unspecified atom stereocenters. The largest absolute Gasteiger partial charge is 0.481 e. The number of carbonyl (C=O) groups excluding carboxylic acids is 2. The molecule has 1 fully saturated rings. The molecule has 1 aliphatic rings. The highest BCUT2D eigenvalue weighted by molar-refractivity contribution is 5.88. The lowest BCUT2D eigenvalue weighted by Gasteiger charge is -2.28. The fourth-order valence-corrected chi connectivity index (χ4v) is 2.17. The molecule has 2 atom stereocenters. The van der Waals surface area contributed by atoms with Crippen LogP contribution < -0.4 is 5.32 Å². The minimum atomic E-state index is -4.94. The van der Waals surface area contributed by atoms with Gasteiger partial charge in [-0.1, -0.05) is 0 Å². The maximum atomic E-state index is 12.9. The van der Waals surface area contributed by atoms with E-state index in [2.05, 4.69) is 5.32 Å². The fraction of sp³-hybridized carbons (Fsp3) is 0.727. The van der Waals surface area contributed by atoms with E-state index in [1.54, 1.807) is 0 Å².